The predicted octanol–water partition coefficient (Wildman–Crippen LogP) is 5.93. The van der Waals surface area contributed by atoms with Crippen LogP contribution >= 0.6 is 0 Å². The summed E-state index contributed by atoms with van der Waals surface area (Å²) < 4.78 is 29.2. The van der Waals surface area contributed by atoms with E-state index in [1.807, 2.05) is 42.7 Å². The molecule has 30 heavy (non-hydrogen) atoms. The van der Waals surface area contributed by atoms with E-state index in [-0.39, 0.29) is 0 Å². The largest absolute Gasteiger partial charge is 0.366 e. The Balaban J connectivity index is 2.22. The van der Waals surface area contributed by atoms with E-state index in [9.17, 15) is 13.6 Å². The maximum atomic E-state index is 13.8. The van der Waals surface area contributed by atoms with Gasteiger partial charge in [0.05, 0.1) is 5.56 Å². The number of hydrogen-bond donors (Lipinski definition) is 1. The Hall–Kier alpha value is -2.95. The van der Waals surface area contributed by atoms with Crippen molar-refractivity contribution in [2.75, 3.05) is 0 Å². The van der Waals surface area contributed by atoms with Crippen molar-refractivity contribution in [2.24, 2.45) is 5.73 Å². The minimum Gasteiger partial charge on any atom is -0.366 e. The summed E-state index contributed by atoms with van der Waals surface area (Å²) in [7, 11) is 0. The third-order valence-electron chi connectivity index (χ3n) is 5.63. The van der Waals surface area contributed by atoms with Gasteiger partial charge >= 0.3 is 0 Å². The van der Waals surface area contributed by atoms with E-state index in [0.717, 1.165) is 59.8 Å². The zero-order valence-electron chi connectivity index (χ0n) is 17.8. The minimum atomic E-state index is -0.876. The maximum absolute atomic E-state index is 13.8. The van der Waals surface area contributed by atoms with Crippen molar-refractivity contribution >= 4 is 5.91 Å². The fraction of sp³-hybridized carbons (Fsp3) is 0.320. The normalized spacial score (nSPS) is 11.1. The number of aryl methyl sites for hydroxylation is 1. The van der Waals surface area contributed by atoms with E-state index in [0.29, 0.717) is 17.7 Å². The van der Waals surface area contributed by atoms with Crippen LogP contribution in [0, 0.1) is 25.5 Å². The lowest BCUT2D eigenvalue weighted by Gasteiger charge is -2.15. The van der Waals surface area contributed by atoms with Crippen LogP contribution in [0.1, 0.15) is 59.1 Å². The zero-order valence-corrected chi connectivity index (χ0v) is 17.8. The molecule has 1 heterocycles. The van der Waals surface area contributed by atoms with Gasteiger partial charge in [-0.3, -0.25) is 4.79 Å². The highest BCUT2D eigenvalue weighted by atomic mass is 19.2. The van der Waals surface area contributed by atoms with Crippen LogP contribution in [0.15, 0.2) is 42.5 Å². The fourth-order valence-corrected chi connectivity index (χ4v) is 4.08. The Morgan fingerprint density at radius 1 is 1.03 bits per heavy atom. The lowest BCUT2D eigenvalue weighted by atomic mass is 9.94. The molecule has 0 aliphatic carbocycles. The Kier molecular flexibility index (Phi) is 6.70. The third kappa shape index (κ3) is 4.30. The lowest BCUT2D eigenvalue weighted by Crippen LogP contribution is -2.14. The molecule has 0 fully saturated rings. The number of benzene rings is 2. The molecule has 2 aromatic carbocycles. The van der Waals surface area contributed by atoms with E-state index >= 15 is 0 Å². The molecule has 158 valence electrons. The Morgan fingerprint density at radius 2 is 1.77 bits per heavy atom. The summed E-state index contributed by atoms with van der Waals surface area (Å²) in [6, 6.07) is 11.8. The molecule has 5 heteroatoms. The molecule has 3 rings (SSSR count). The van der Waals surface area contributed by atoms with Crippen LogP contribution in [0.2, 0.25) is 0 Å². The molecule has 0 saturated carbocycles. The van der Waals surface area contributed by atoms with Gasteiger partial charge in [-0.05, 0) is 55.5 Å². The smallest absolute Gasteiger partial charge is 0.251 e. The second-order valence-electron chi connectivity index (χ2n) is 7.75. The first kappa shape index (κ1) is 21.8. The van der Waals surface area contributed by atoms with Gasteiger partial charge in [-0.25, -0.2) is 8.78 Å². The van der Waals surface area contributed by atoms with Crippen LogP contribution < -0.4 is 5.73 Å². The van der Waals surface area contributed by atoms with Gasteiger partial charge in [-0.15, -0.1) is 0 Å². The Labute approximate surface area is 176 Å². The monoisotopic (exact) mass is 410 g/mol. The van der Waals surface area contributed by atoms with E-state index < -0.39 is 17.5 Å². The van der Waals surface area contributed by atoms with Gasteiger partial charge < -0.3 is 10.3 Å². The van der Waals surface area contributed by atoms with Crippen LogP contribution in [0.25, 0.3) is 11.1 Å². The van der Waals surface area contributed by atoms with Gasteiger partial charge in [0, 0.05) is 23.5 Å². The summed E-state index contributed by atoms with van der Waals surface area (Å²) in [6.45, 7) is 6.36. The summed E-state index contributed by atoms with van der Waals surface area (Å²) >= 11 is 0. The number of amides is 1. The van der Waals surface area contributed by atoms with Crippen molar-refractivity contribution < 1.29 is 13.6 Å². The van der Waals surface area contributed by atoms with Crippen LogP contribution in [0.3, 0.4) is 0 Å². The molecule has 0 unspecified atom stereocenters. The molecule has 3 aromatic rings. The molecule has 3 nitrogen and oxygen atoms in total. The van der Waals surface area contributed by atoms with Gasteiger partial charge in [0.1, 0.15) is 0 Å². The van der Waals surface area contributed by atoms with E-state index in [1.165, 1.54) is 6.07 Å². The topological polar surface area (TPSA) is 48.0 Å². The highest BCUT2D eigenvalue weighted by Crippen LogP contribution is 2.36. The first-order chi connectivity index (χ1) is 14.3. The van der Waals surface area contributed by atoms with E-state index in [1.54, 1.807) is 6.07 Å². The second kappa shape index (κ2) is 9.24. The van der Waals surface area contributed by atoms with Crippen molar-refractivity contribution in [3.8, 4) is 11.1 Å². The molecule has 0 aliphatic heterocycles. The van der Waals surface area contributed by atoms with Gasteiger partial charge in [-0.2, -0.15) is 0 Å². The molecule has 1 amide bonds. The van der Waals surface area contributed by atoms with Crippen molar-refractivity contribution in [1.29, 1.82) is 0 Å². The second-order valence-corrected chi connectivity index (χ2v) is 7.75. The maximum Gasteiger partial charge on any atom is 0.251 e. The number of primary amides is 1. The number of carbonyl (C=O) groups is 1. The zero-order chi connectivity index (χ0) is 21.8. The number of rotatable bonds is 8. The number of hydrogen-bond acceptors (Lipinski definition) is 1. The van der Waals surface area contributed by atoms with Crippen LogP contribution in [0.4, 0.5) is 8.78 Å². The van der Waals surface area contributed by atoms with Crippen molar-refractivity contribution in [1.82, 2.24) is 4.57 Å². The van der Waals surface area contributed by atoms with Crippen molar-refractivity contribution in [3.05, 3.63) is 82.2 Å². The summed E-state index contributed by atoms with van der Waals surface area (Å²) in [5, 5.41) is 0. The van der Waals surface area contributed by atoms with Gasteiger partial charge in [-0.1, -0.05) is 50.1 Å². The summed E-state index contributed by atoms with van der Waals surface area (Å²) in [5.74, 6) is -2.23. The molecule has 0 bridgehead atoms. The molecule has 0 radical (unpaired) electrons. The van der Waals surface area contributed by atoms with Gasteiger partial charge in [0.15, 0.2) is 11.6 Å². The van der Waals surface area contributed by atoms with Crippen LogP contribution in [0.5, 0.6) is 0 Å². The minimum absolute atomic E-state index is 0.344. The van der Waals surface area contributed by atoms with E-state index in [2.05, 4.69) is 6.92 Å². The molecule has 0 spiro atoms. The van der Waals surface area contributed by atoms with E-state index in [4.69, 9.17) is 5.73 Å². The highest BCUT2D eigenvalue weighted by Gasteiger charge is 2.25. The van der Waals surface area contributed by atoms with Crippen molar-refractivity contribution in [3.63, 3.8) is 0 Å². The number of carbonyl (C=O) groups excluding carboxylic acids is 1. The Morgan fingerprint density at radius 3 is 2.40 bits per heavy atom. The third-order valence-corrected chi connectivity index (χ3v) is 5.63. The summed E-state index contributed by atoms with van der Waals surface area (Å²) in [4.78, 5) is 12.5. The first-order valence-electron chi connectivity index (χ1n) is 10.4. The molecule has 1 aromatic heterocycles. The molecule has 0 saturated heterocycles. The lowest BCUT2D eigenvalue weighted by molar-refractivity contribution is 0.1000. The summed E-state index contributed by atoms with van der Waals surface area (Å²) in [6.07, 6.45) is 3.88. The summed E-state index contributed by atoms with van der Waals surface area (Å²) in [5.41, 5.74) is 11.6. The molecular formula is C25H28F2N2O. The van der Waals surface area contributed by atoms with Crippen molar-refractivity contribution in [2.45, 2.75) is 53.0 Å². The molecule has 2 N–H and O–H groups in total. The van der Waals surface area contributed by atoms with Gasteiger partial charge in [0.25, 0.3) is 5.91 Å². The quantitative estimate of drug-likeness (QED) is 0.460. The standard InChI is InChI=1S/C25H28F2N2O/c1-4-5-6-11-22-24(19-10-8-7-9-16(19)2)23(25(28)30)17(3)29(22)15-18-12-13-20(26)21(27)14-18/h7-10,12-14H,4-6,11,15H2,1-3H3,(H2,28,30). The number of unbranched alkanes of at least 4 members (excludes halogenated alkanes) is 2. The SMILES string of the molecule is CCCCCc1c(-c2ccccc2C)c(C(N)=O)c(C)n1Cc1ccc(F)c(F)c1. The number of nitrogens with zero attached hydrogens (tertiary/aromatic N) is 1. The van der Waals surface area contributed by atoms with Crippen LogP contribution in [-0.4, -0.2) is 10.5 Å². The fourth-order valence-electron chi connectivity index (χ4n) is 4.08. The number of nitrogens with two attached hydrogens (primary N) is 1. The average molecular weight is 411 g/mol. The van der Waals surface area contributed by atoms with Crippen LogP contribution in [-0.2, 0) is 13.0 Å². The highest BCUT2D eigenvalue weighted by molar-refractivity contribution is 6.02. The molecule has 0 atom stereocenters. The molecular weight excluding hydrogens is 382 g/mol. The first-order valence-corrected chi connectivity index (χ1v) is 10.4. The number of halogens is 2. The molecule has 0 aliphatic rings. The Bertz CT molecular complexity index is 1070. The van der Waals surface area contributed by atoms with Gasteiger partial charge in [0.2, 0.25) is 0 Å². The predicted molar refractivity (Wildman–Crippen MR) is 117 cm³/mol. The average Bonchev–Trinajstić information content (AvgIpc) is 2.97. The number of aromatic nitrogens is 1.